The molecule has 0 aliphatic rings. The van der Waals surface area contributed by atoms with Crippen molar-refractivity contribution in [3.63, 3.8) is 0 Å². The Labute approximate surface area is 124 Å². The van der Waals surface area contributed by atoms with Crippen molar-refractivity contribution >= 4 is 17.1 Å². The van der Waals surface area contributed by atoms with Gasteiger partial charge in [0.2, 0.25) is 0 Å². The zero-order valence-corrected chi connectivity index (χ0v) is 11.5. The Morgan fingerprint density at radius 1 is 0.667 bits per heavy atom. The standard InChI is InChI=1S/C18H16N2O/c19-14-5-4-6-16(13-14)20-15-9-11-18(12-10-15)21-17-7-2-1-3-8-17/h1-13,20H,19H2. The van der Waals surface area contributed by atoms with Gasteiger partial charge in [-0.15, -0.1) is 0 Å². The fourth-order valence-electron chi connectivity index (χ4n) is 2.01. The lowest BCUT2D eigenvalue weighted by molar-refractivity contribution is 0.483. The molecule has 3 N–H and O–H groups in total. The summed E-state index contributed by atoms with van der Waals surface area (Å²) in [6, 6.07) is 25.2. The van der Waals surface area contributed by atoms with Crippen molar-refractivity contribution in [3.05, 3.63) is 78.9 Å². The second-order valence-electron chi connectivity index (χ2n) is 4.69. The largest absolute Gasteiger partial charge is 0.457 e. The van der Waals surface area contributed by atoms with Crippen LogP contribution < -0.4 is 15.8 Å². The molecule has 3 rings (SSSR count). The van der Waals surface area contributed by atoms with Crippen molar-refractivity contribution < 1.29 is 4.74 Å². The fraction of sp³-hybridized carbons (Fsp3) is 0. The summed E-state index contributed by atoms with van der Waals surface area (Å²) in [7, 11) is 0. The molecule has 0 unspecified atom stereocenters. The van der Waals surface area contributed by atoms with E-state index in [1.807, 2.05) is 78.9 Å². The number of hydrogen-bond donors (Lipinski definition) is 2. The van der Waals surface area contributed by atoms with Gasteiger partial charge in [-0.2, -0.15) is 0 Å². The SMILES string of the molecule is Nc1cccc(Nc2ccc(Oc3ccccc3)cc2)c1. The van der Waals surface area contributed by atoms with Crippen molar-refractivity contribution in [1.29, 1.82) is 0 Å². The molecule has 104 valence electrons. The molecule has 0 amide bonds. The summed E-state index contributed by atoms with van der Waals surface area (Å²) in [6.45, 7) is 0. The maximum Gasteiger partial charge on any atom is 0.127 e. The third kappa shape index (κ3) is 3.54. The average Bonchev–Trinajstić information content (AvgIpc) is 2.50. The molecule has 0 aliphatic carbocycles. The number of benzene rings is 3. The number of rotatable bonds is 4. The third-order valence-electron chi connectivity index (χ3n) is 3.01. The minimum absolute atomic E-state index is 0.740. The van der Waals surface area contributed by atoms with Crippen LogP contribution in [0.2, 0.25) is 0 Å². The van der Waals surface area contributed by atoms with Crippen molar-refractivity contribution in [1.82, 2.24) is 0 Å². The lowest BCUT2D eigenvalue weighted by Crippen LogP contribution is -1.92. The molecule has 0 saturated carbocycles. The molecule has 0 bridgehead atoms. The zero-order valence-electron chi connectivity index (χ0n) is 11.5. The first kappa shape index (κ1) is 13.1. The van der Waals surface area contributed by atoms with Gasteiger partial charge in [-0.05, 0) is 54.6 Å². The van der Waals surface area contributed by atoms with Gasteiger partial charge in [0.1, 0.15) is 11.5 Å². The zero-order chi connectivity index (χ0) is 14.5. The van der Waals surface area contributed by atoms with Crippen LogP contribution in [0.25, 0.3) is 0 Å². The molecule has 3 aromatic carbocycles. The number of anilines is 3. The van der Waals surface area contributed by atoms with Crippen LogP contribution in [0.15, 0.2) is 78.9 Å². The highest BCUT2D eigenvalue weighted by molar-refractivity contribution is 5.64. The van der Waals surface area contributed by atoms with Gasteiger partial charge in [0.05, 0.1) is 0 Å². The molecule has 0 aromatic heterocycles. The summed E-state index contributed by atoms with van der Waals surface area (Å²) in [5.41, 5.74) is 8.45. The predicted molar refractivity (Wildman–Crippen MR) is 87.1 cm³/mol. The molecule has 0 spiro atoms. The summed E-state index contributed by atoms with van der Waals surface area (Å²) in [6.07, 6.45) is 0. The molecular weight excluding hydrogens is 260 g/mol. The van der Waals surface area contributed by atoms with Crippen molar-refractivity contribution in [2.75, 3.05) is 11.1 Å². The van der Waals surface area contributed by atoms with Gasteiger partial charge < -0.3 is 15.8 Å². The highest BCUT2D eigenvalue weighted by Gasteiger charge is 1.98. The number of nitrogens with two attached hydrogens (primary N) is 1. The van der Waals surface area contributed by atoms with Gasteiger partial charge in [-0.1, -0.05) is 24.3 Å². The van der Waals surface area contributed by atoms with Gasteiger partial charge in [0, 0.05) is 17.1 Å². The summed E-state index contributed by atoms with van der Waals surface area (Å²) < 4.78 is 5.75. The summed E-state index contributed by atoms with van der Waals surface area (Å²) in [5.74, 6) is 1.63. The Balaban J connectivity index is 1.69. The Hall–Kier alpha value is -2.94. The molecular formula is C18H16N2O. The first-order valence-corrected chi connectivity index (χ1v) is 6.75. The van der Waals surface area contributed by atoms with Crippen LogP contribution in [0.5, 0.6) is 11.5 Å². The normalized spacial score (nSPS) is 10.1. The lowest BCUT2D eigenvalue weighted by atomic mass is 10.2. The van der Waals surface area contributed by atoms with E-state index in [2.05, 4.69) is 5.32 Å². The molecule has 3 aromatic rings. The van der Waals surface area contributed by atoms with Crippen LogP contribution in [0.3, 0.4) is 0 Å². The average molecular weight is 276 g/mol. The number of ether oxygens (including phenoxy) is 1. The molecule has 0 aliphatic heterocycles. The number of para-hydroxylation sites is 1. The van der Waals surface area contributed by atoms with Crippen molar-refractivity contribution in [2.45, 2.75) is 0 Å². The summed E-state index contributed by atoms with van der Waals surface area (Å²) in [4.78, 5) is 0. The monoisotopic (exact) mass is 276 g/mol. The minimum atomic E-state index is 0.740. The smallest absolute Gasteiger partial charge is 0.127 e. The second-order valence-corrected chi connectivity index (χ2v) is 4.69. The van der Waals surface area contributed by atoms with Gasteiger partial charge in [0.15, 0.2) is 0 Å². The molecule has 21 heavy (non-hydrogen) atoms. The molecule has 0 saturated heterocycles. The van der Waals surface area contributed by atoms with E-state index in [0.717, 1.165) is 28.6 Å². The first-order chi connectivity index (χ1) is 10.3. The van der Waals surface area contributed by atoms with E-state index in [1.165, 1.54) is 0 Å². The van der Waals surface area contributed by atoms with E-state index in [1.54, 1.807) is 0 Å². The summed E-state index contributed by atoms with van der Waals surface area (Å²) >= 11 is 0. The highest BCUT2D eigenvalue weighted by Crippen LogP contribution is 2.24. The Morgan fingerprint density at radius 2 is 1.38 bits per heavy atom. The Bertz CT molecular complexity index is 709. The van der Waals surface area contributed by atoms with Crippen LogP contribution in [0.4, 0.5) is 17.1 Å². The first-order valence-electron chi connectivity index (χ1n) is 6.75. The van der Waals surface area contributed by atoms with Crippen LogP contribution in [-0.4, -0.2) is 0 Å². The summed E-state index contributed by atoms with van der Waals surface area (Å²) in [5, 5.41) is 3.30. The molecule has 0 radical (unpaired) electrons. The van der Waals surface area contributed by atoms with Crippen LogP contribution in [0, 0.1) is 0 Å². The topological polar surface area (TPSA) is 47.3 Å². The lowest BCUT2D eigenvalue weighted by Gasteiger charge is -2.09. The van der Waals surface area contributed by atoms with Crippen molar-refractivity contribution in [3.8, 4) is 11.5 Å². The van der Waals surface area contributed by atoms with E-state index in [-0.39, 0.29) is 0 Å². The van der Waals surface area contributed by atoms with Gasteiger partial charge in [-0.25, -0.2) is 0 Å². The Morgan fingerprint density at radius 3 is 2.10 bits per heavy atom. The van der Waals surface area contributed by atoms with E-state index in [0.29, 0.717) is 0 Å². The predicted octanol–water partition coefficient (Wildman–Crippen LogP) is 4.80. The highest BCUT2D eigenvalue weighted by atomic mass is 16.5. The number of nitrogen functional groups attached to an aromatic ring is 1. The van der Waals surface area contributed by atoms with Gasteiger partial charge in [0.25, 0.3) is 0 Å². The van der Waals surface area contributed by atoms with Gasteiger partial charge >= 0.3 is 0 Å². The minimum Gasteiger partial charge on any atom is -0.457 e. The number of nitrogens with one attached hydrogen (secondary N) is 1. The molecule has 3 nitrogen and oxygen atoms in total. The third-order valence-corrected chi connectivity index (χ3v) is 3.01. The van der Waals surface area contributed by atoms with E-state index in [9.17, 15) is 0 Å². The van der Waals surface area contributed by atoms with Crippen LogP contribution >= 0.6 is 0 Å². The maximum absolute atomic E-state index is 5.76. The van der Waals surface area contributed by atoms with E-state index >= 15 is 0 Å². The Kier molecular flexibility index (Phi) is 3.74. The van der Waals surface area contributed by atoms with Crippen LogP contribution in [0.1, 0.15) is 0 Å². The van der Waals surface area contributed by atoms with E-state index in [4.69, 9.17) is 10.5 Å². The molecule has 3 heteroatoms. The number of hydrogen-bond acceptors (Lipinski definition) is 3. The molecule has 0 fully saturated rings. The fourth-order valence-corrected chi connectivity index (χ4v) is 2.01. The van der Waals surface area contributed by atoms with Crippen molar-refractivity contribution in [2.24, 2.45) is 0 Å². The van der Waals surface area contributed by atoms with Gasteiger partial charge in [-0.3, -0.25) is 0 Å². The van der Waals surface area contributed by atoms with E-state index < -0.39 is 0 Å². The quantitative estimate of drug-likeness (QED) is 0.672. The van der Waals surface area contributed by atoms with Crippen LogP contribution in [-0.2, 0) is 0 Å². The maximum atomic E-state index is 5.76. The molecule has 0 heterocycles. The second kappa shape index (κ2) is 6.01. The molecule has 0 atom stereocenters.